The molecule has 0 aromatic heterocycles. The average Bonchev–Trinajstić information content (AvgIpc) is 2.45. The summed E-state index contributed by atoms with van der Waals surface area (Å²) in [7, 11) is 0. The molecule has 1 aliphatic heterocycles. The molecule has 0 saturated heterocycles. The van der Waals surface area contributed by atoms with Gasteiger partial charge < -0.3 is 14.8 Å². The van der Waals surface area contributed by atoms with E-state index in [1.165, 1.54) is 12.0 Å². The lowest BCUT2D eigenvalue weighted by Crippen LogP contribution is -2.39. The van der Waals surface area contributed by atoms with Crippen LogP contribution in [0.3, 0.4) is 0 Å². The van der Waals surface area contributed by atoms with Crippen LogP contribution in [0.15, 0.2) is 24.3 Å². The van der Waals surface area contributed by atoms with Crippen LogP contribution < -0.4 is 10.1 Å². The molecule has 1 heterocycles. The summed E-state index contributed by atoms with van der Waals surface area (Å²) in [5, 5.41) is 3.66. The smallest absolute Gasteiger partial charge is 0.124 e. The van der Waals surface area contributed by atoms with Crippen molar-refractivity contribution in [2.24, 2.45) is 0 Å². The van der Waals surface area contributed by atoms with Crippen molar-refractivity contribution in [3.63, 3.8) is 0 Å². The van der Waals surface area contributed by atoms with Crippen molar-refractivity contribution in [2.45, 2.75) is 58.1 Å². The van der Waals surface area contributed by atoms with Crippen LogP contribution in [0.5, 0.6) is 5.75 Å². The predicted molar refractivity (Wildman–Crippen MR) is 86.9 cm³/mol. The third-order valence-electron chi connectivity index (χ3n) is 3.87. The van der Waals surface area contributed by atoms with Gasteiger partial charge in [-0.3, -0.25) is 0 Å². The van der Waals surface area contributed by atoms with Gasteiger partial charge in [0, 0.05) is 31.2 Å². The molecular formula is C18H29NO2. The van der Waals surface area contributed by atoms with Gasteiger partial charge in [-0.05, 0) is 39.3 Å². The maximum absolute atomic E-state index is 6.06. The summed E-state index contributed by atoms with van der Waals surface area (Å²) in [6.07, 6.45) is 4.42. The van der Waals surface area contributed by atoms with Crippen molar-refractivity contribution in [1.29, 1.82) is 0 Å². The summed E-state index contributed by atoms with van der Waals surface area (Å²) >= 11 is 0. The molecule has 0 spiro atoms. The minimum atomic E-state index is -0.107. The SMILES string of the molecule is CCCCOCCCNC1CC(C)(C)Oc2ccccc21. The van der Waals surface area contributed by atoms with E-state index in [-0.39, 0.29) is 5.60 Å². The maximum atomic E-state index is 6.06. The van der Waals surface area contributed by atoms with E-state index in [4.69, 9.17) is 9.47 Å². The fourth-order valence-corrected chi connectivity index (χ4v) is 2.78. The molecule has 3 nitrogen and oxygen atoms in total. The summed E-state index contributed by atoms with van der Waals surface area (Å²) < 4.78 is 11.7. The van der Waals surface area contributed by atoms with Crippen LogP contribution in [0.4, 0.5) is 0 Å². The summed E-state index contributed by atoms with van der Waals surface area (Å²) in [4.78, 5) is 0. The zero-order chi connectivity index (χ0) is 15.1. The largest absolute Gasteiger partial charge is 0.487 e. The molecule has 1 aliphatic rings. The second-order valence-corrected chi connectivity index (χ2v) is 6.43. The third kappa shape index (κ3) is 5.01. The quantitative estimate of drug-likeness (QED) is 0.732. The molecule has 0 aliphatic carbocycles. The Morgan fingerprint density at radius 2 is 2.00 bits per heavy atom. The average molecular weight is 291 g/mol. The van der Waals surface area contributed by atoms with Gasteiger partial charge in [-0.15, -0.1) is 0 Å². The Hall–Kier alpha value is -1.06. The molecule has 2 rings (SSSR count). The van der Waals surface area contributed by atoms with Crippen molar-refractivity contribution in [1.82, 2.24) is 5.32 Å². The monoisotopic (exact) mass is 291 g/mol. The number of nitrogens with one attached hydrogen (secondary N) is 1. The number of hydrogen-bond donors (Lipinski definition) is 1. The van der Waals surface area contributed by atoms with E-state index < -0.39 is 0 Å². The summed E-state index contributed by atoms with van der Waals surface area (Å²) in [5.41, 5.74) is 1.17. The molecule has 21 heavy (non-hydrogen) atoms. The number of para-hydroxylation sites is 1. The summed E-state index contributed by atoms with van der Waals surface area (Å²) in [6.45, 7) is 9.23. The first-order valence-electron chi connectivity index (χ1n) is 8.21. The molecule has 0 radical (unpaired) electrons. The highest BCUT2D eigenvalue weighted by molar-refractivity contribution is 5.38. The highest BCUT2D eigenvalue weighted by Gasteiger charge is 2.32. The van der Waals surface area contributed by atoms with E-state index in [9.17, 15) is 0 Å². The van der Waals surface area contributed by atoms with Crippen molar-refractivity contribution in [3.05, 3.63) is 29.8 Å². The van der Waals surface area contributed by atoms with E-state index in [1.54, 1.807) is 0 Å². The number of benzene rings is 1. The lowest BCUT2D eigenvalue weighted by molar-refractivity contribution is 0.0651. The van der Waals surface area contributed by atoms with Crippen LogP contribution >= 0.6 is 0 Å². The van der Waals surface area contributed by atoms with Gasteiger partial charge in [0.1, 0.15) is 11.4 Å². The molecule has 0 saturated carbocycles. The van der Waals surface area contributed by atoms with E-state index in [2.05, 4.69) is 44.3 Å². The van der Waals surface area contributed by atoms with E-state index in [0.717, 1.165) is 44.8 Å². The molecule has 1 N–H and O–H groups in total. The van der Waals surface area contributed by atoms with Gasteiger partial charge in [-0.2, -0.15) is 0 Å². The number of unbranched alkanes of at least 4 members (excludes halogenated alkanes) is 1. The zero-order valence-electron chi connectivity index (χ0n) is 13.7. The van der Waals surface area contributed by atoms with Crippen LogP contribution in [0.25, 0.3) is 0 Å². The standard InChI is InChI=1S/C18H29NO2/c1-4-5-12-20-13-8-11-19-16-14-18(2,3)21-17-10-7-6-9-15(16)17/h6-7,9-10,16,19H,4-5,8,11-14H2,1-3H3. The normalized spacial score (nSPS) is 19.9. The molecule has 3 heteroatoms. The first-order chi connectivity index (χ1) is 10.1. The van der Waals surface area contributed by atoms with Gasteiger partial charge in [0.2, 0.25) is 0 Å². The Morgan fingerprint density at radius 1 is 1.24 bits per heavy atom. The molecule has 0 fully saturated rings. The molecule has 1 atom stereocenters. The van der Waals surface area contributed by atoms with Gasteiger partial charge in [-0.1, -0.05) is 31.5 Å². The Kier molecular flexibility index (Phi) is 6.07. The number of hydrogen-bond acceptors (Lipinski definition) is 3. The van der Waals surface area contributed by atoms with E-state index in [0.29, 0.717) is 6.04 Å². The maximum Gasteiger partial charge on any atom is 0.124 e. The highest BCUT2D eigenvalue weighted by Crippen LogP contribution is 2.39. The topological polar surface area (TPSA) is 30.5 Å². The van der Waals surface area contributed by atoms with E-state index in [1.807, 2.05) is 6.07 Å². The Labute approximate surface area is 129 Å². The molecule has 1 unspecified atom stereocenters. The second-order valence-electron chi connectivity index (χ2n) is 6.43. The fourth-order valence-electron chi connectivity index (χ4n) is 2.78. The van der Waals surface area contributed by atoms with Crippen LogP contribution in [0.1, 0.15) is 58.1 Å². The number of ether oxygens (including phenoxy) is 2. The van der Waals surface area contributed by atoms with Crippen molar-refractivity contribution in [3.8, 4) is 5.75 Å². The summed E-state index contributed by atoms with van der Waals surface area (Å²) in [6, 6.07) is 8.74. The summed E-state index contributed by atoms with van der Waals surface area (Å²) in [5.74, 6) is 1.02. The van der Waals surface area contributed by atoms with Gasteiger partial charge >= 0.3 is 0 Å². The Bertz CT molecular complexity index is 431. The van der Waals surface area contributed by atoms with Crippen LogP contribution in [0.2, 0.25) is 0 Å². The van der Waals surface area contributed by atoms with Crippen LogP contribution in [-0.4, -0.2) is 25.4 Å². The molecular weight excluding hydrogens is 262 g/mol. The second kappa shape index (κ2) is 7.81. The van der Waals surface area contributed by atoms with E-state index >= 15 is 0 Å². The molecule has 0 bridgehead atoms. The Balaban J connectivity index is 1.80. The first kappa shape index (κ1) is 16.3. The van der Waals surface area contributed by atoms with Crippen molar-refractivity contribution in [2.75, 3.05) is 19.8 Å². The highest BCUT2D eigenvalue weighted by atomic mass is 16.5. The molecule has 1 aromatic carbocycles. The number of rotatable bonds is 8. The van der Waals surface area contributed by atoms with Crippen LogP contribution in [-0.2, 0) is 4.74 Å². The van der Waals surface area contributed by atoms with Crippen LogP contribution in [0, 0.1) is 0 Å². The Morgan fingerprint density at radius 3 is 2.81 bits per heavy atom. The van der Waals surface area contributed by atoms with Gasteiger partial charge in [0.05, 0.1) is 0 Å². The molecule has 1 aromatic rings. The zero-order valence-corrected chi connectivity index (χ0v) is 13.7. The van der Waals surface area contributed by atoms with Gasteiger partial charge in [0.15, 0.2) is 0 Å². The predicted octanol–water partition coefficient (Wildman–Crippen LogP) is 4.09. The lowest BCUT2D eigenvalue weighted by Gasteiger charge is -2.38. The number of fused-ring (bicyclic) bond motifs is 1. The third-order valence-corrected chi connectivity index (χ3v) is 3.87. The van der Waals surface area contributed by atoms with Gasteiger partial charge in [-0.25, -0.2) is 0 Å². The van der Waals surface area contributed by atoms with Gasteiger partial charge in [0.25, 0.3) is 0 Å². The van der Waals surface area contributed by atoms with Crippen molar-refractivity contribution >= 4 is 0 Å². The molecule has 0 amide bonds. The molecule has 118 valence electrons. The van der Waals surface area contributed by atoms with Crippen molar-refractivity contribution < 1.29 is 9.47 Å². The fraction of sp³-hybridized carbons (Fsp3) is 0.667. The lowest BCUT2D eigenvalue weighted by atomic mass is 9.89. The first-order valence-corrected chi connectivity index (χ1v) is 8.21. The minimum absolute atomic E-state index is 0.107. The minimum Gasteiger partial charge on any atom is -0.487 e.